The van der Waals surface area contributed by atoms with Crippen LogP contribution in [0.5, 0.6) is 0 Å². The lowest BCUT2D eigenvalue weighted by atomic mass is 10.0. The summed E-state index contributed by atoms with van der Waals surface area (Å²) in [5, 5.41) is 3.41. The minimum atomic E-state index is -3.48. The highest BCUT2D eigenvalue weighted by molar-refractivity contribution is 7.91. The first-order valence-corrected chi connectivity index (χ1v) is 12.5. The van der Waals surface area contributed by atoms with E-state index in [0.717, 1.165) is 5.56 Å². The van der Waals surface area contributed by atoms with Gasteiger partial charge in [0.2, 0.25) is 10.0 Å². The third-order valence-corrected chi connectivity index (χ3v) is 8.98. The molecule has 0 aromatic heterocycles. The standard InChI is InChI=1S/C18H28N2O4S2/c1-14(2)15-4-3-5-18(12-15)26(23,24)20-9-6-16(7-10-20)19-17-8-11-25(21,22)13-17/h3-5,12,14,16-17,19H,6-11,13H2,1-2H3/t17-/m1/s1. The highest BCUT2D eigenvalue weighted by Gasteiger charge is 2.33. The Bertz CT molecular complexity index is 842. The molecule has 2 fully saturated rings. The lowest BCUT2D eigenvalue weighted by Gasteiger charge is -2.33. The second kappa shape index (κ2) is 7.58. The van der Waals surface area contributed by atoms with Crippen LogP contribution in [0.1, 0.15) is 44.6 Å². The lowest BCUT2D eigenvalue weighted by molar-refractivity contribution is 0.277. The molecular weight excluding hydrogens is 372 g/mol. The topological polar surface area (TPSA) is 83.6 Å². The normalized spacial score (nSPS) is 25.0. The van der Waals surface area contributed by atoms with Crippen molar-refractivity contribution in [3.05, 3.63) is 29.8 Å². The zero-order valence-electron chi connectivity index (χ0n) is 15.4. The number of sulfonamides is 1. The van der Waals surface area contributed by atoms with Crippen LogP contribution in [-0.2, 0) is 19.9 Å². The molecule has 3 rings (SSSR count). The predicted molar refractivity (Wildman–Crippen MR) is 103 cm³/mol. The molecule has 0 unspecified atom stereocenters. The molecule has 2 aliphatic rings. The van der Waals surface area contributed by atoms with E-state index in [1.165, 1.54) is 0 Å². The van der Waals surface area contributed by atoms with E-state index in [2.05, 4.69) is 5.32 Å². The molecule has 1 N–H and O–H groups in total. The van der Waals surface area contributed by atoms with E-state index in [-0.39, 0.29) is 29.5 Å². The number of nitrogens with zero attached hydrogens (tertiary/aromatic N) is 1. The summed E-state index contributed by atoms with van der Waals surface area (Å²) >= 11 is 0. The highest BCUT2D eigenvalue weighted by atomic mass is 32.2. The molecule has 26 heavy (non-hydrogen) atoms. The largest absolute Gasteiger partial charge is 0.310 e. The fourth-order valence-corrected chi connectivity index (χ4v) is 6.92. The van der Waals surface area contributed by atoms with E-state index in [1.807, 2.05) is 19.9 Å². The van der Waals surface area contributed by atoms with Crippen molar-refractivity contribution in [2.24, 2.45) is 0 Å². The van der Waals surface area contributed by atoms with Crippen LogP contribution in [0.4, 0.5) is 0 Å². The van der Waals surface area contributed by atoms with E-state index < -0.39 is 19.9 Å². The summed E-state index contributed by atoms with van der Waals surface area (Å²) < 4.78 is 50.5. The first kappa shape index (κ1) is 19.8. The Morgan fingerprint density at radius 2 is 1.81 bits per heavy atom. The van der Waals surface area contributed by atoms with E-state index in [4.69, 9.17) is 0 Å². The second-order valence-corrected chi connectivity index (χ2v) is 11.8. The van der Waals surface area contributed by atoms with Crippen molar-refractivity contribution in [2.45, 2.75) is 56.0 Å². The molecule has 1 aromatic carbocycles. The highest BCUT2D eigenvalue weighted by Crippen LogP contribution is 2.24. The Hall–Kier alpha value is -0.960. The van der Waals surface area contributed by atoms with Gasteiger partial charge in [-0.05, 0) is 42.9 Å². The van der Waals surface area contributed by atoms with Crippen LogP contribution in [0, 0.1) is 0 Å². The summed E-state index contributed by atoms with van der Waals surface area (Å²) in [5.41, 5.74) is 1.02. The SMILES string of the molecule is CC(C)c1cccc(S(=O)(=O)N2CCC(N[C@@H]3CCS(=O)(=O)C3)CC2)c1. The minimum absolute atomic E-state index is 0.0101. The summed E-state index contributed by atoms with van der Waals surface area (Å²) in [7, 11) is -6.37. The van der Waals surface area contributed by atoms with Gasteiger partial charge >= 0.3 is 0 Å². The Morgan fingerprint density at radius 3 is 2.38 bits per heavy atom. The van der Waals surface area contributed by atoms with E-state index in [0.29, 0.717) is 37.2 Å². The zero-order chi connectivity index (χ0) is 18.9. The van der Waals surface area contributed by atoms with Crippen LogP contribution >= 0.6 is 0 Å². The van der Waals surface area contributed by atoms with Crippen LogP contribution < -0.4 is 5.32 Å². The van der Waals surface area contributed by atoms with Gasteiger partial charge in [0, 0.05) is 25.2 Å². The third-order valence-electron chi connectivity index (χ3n) is 5.32. The average molecular weight is 401 g/mol. The van der Waals surface area contributed by atoms with Crippen molar-refractivity contribution in [1.29, 1.82) is 0 Å². The van der Waals surface area contributed by atoms with Gasteiger partial charge in [-0.15, -0.1) is 0 Å². The lowest BCUT2D eigenvalue weighted by Crippen LogP contribution is -2.48. The number of nitrogens with one attached hydrogen (secondary N) is 1. The molecule has 1 aromatic rings. The minimum Gasteiger partial charge on any atom is -0.310 e. The number of piperidine rings is 1. The molecule has 6 nitrogen and oxygen atoms in total. The molecule has 2 heterocycles. The van der Waals surface area contributed by atoms with Gasteiger partial charge in [0.15, 0.2) is 9.84 Å². The van der Waals surface area contributed by atoms with Crippen LogP contribution in [0.25, 0.3) is 0 Å². The van der Waals surface area contributed by atoms with Crippen molar-refractivity contribution in [1.82, 2.24) is 9.62 Å². The van der Waals surface area contributed by atoms with Gasteiger partial charge < -0.3 is 5.32 Å². The zero-order valence-corrected chi connectivity index (χ0v) is 17.0. The summed E-state index contributed by atoms with van der Waals surface area (Å²) in [6.45, 7) is 5.02. The van der Waals surface area contributed by atoms with Crippen molar-refractivity contribution in [2.75, 3.05) is 24.6 Å². The summed E-state index contributed by atoms with van der Waals surface area (Å²) in [6.07, 6.45) is 2.07. The Morgan fingerprint density at radius 1 is 1.12 bits per heavy atom. The third kappa shape index (κ3) is 4.47. The molecule has 0 saturated carbocycles. The molecule has 0 aliphatic carbocycles. The van der Waals surface area contributed by atoms with Crippen LogP contribution in [-0.4, -0.2) is 57.8 Å². The molecular formula is C18H28N2O4S2. The maximum absolute atomic E-state index is 12.9. The maximum atomic E-state index is 12.9. The molecule has 1 atom stereocenters. The first-order valence-electron chi connectivity index (χ1n) is 9.24. The molecule has 8 heteroatoms. The van der Waals surface area contributed by atoms with Crippen molar-refractivity contribution in [3.63, 3.8) is 0 Å². The van der Waals surface area contributed by atoms with Gasteiger partial charge in [-0.3, -0.25) is 0 Å². The number of hydrogen-bond donors (Lipinski definition) is 1. The van der Waals surface area contributed by atoms with Gasteiger partial charge in [-0.25, -0.2) is 16.8 Å². The van der Waals surface area contributed by atoms with Crippen LogP contribution in [0.3, 0.4) is 0 Å². The van der Waals surface area contributed by atoms with Gasteiger partial charge in [0.05, 0.1) is 16.4 Å². The molecule has 0 amide bonds. The first-order chi connectivity index (χ1) is 12.2. The Balaban J connectivity index is 1.61. The molecule has 0 spiro atoms. The van der Waals surface area contributed by atoms with Crippen LogP contribution in [0.15, 0.2) is 29.2 Å². The number of rotatable bonds is 5. The van der Waals surface area contributed by atoms with Crippen molar-refractivity contribution < 1.29 is 16.8 Å². The van der Waals surface area contributed by atoms with E-state index in [9.17, 15) is 16.8 Å². The maximum Gasteiger partial charge on any atom is 0.243 e. The van der Waals surface area contributed by atoms with Gasteiger partial charge in [0.1, 0.15) is 0 Å². The van der Waals surface area contributed by atoms with Gasteiger partial charge in [-0.2, -0.15) is 4.31 Å². The predicted octanol–water partition coefficient (Wildman–Crippen LogP) is 1.74. The second-order valence-electron chi connectivity index (χ2n) is 7.67. The Labute approximate surface area is 156 Å². The van der Waals surface area contributed by atoms with E-state index >= 15 is 0 Å². The quantitative estimate of drug-likeness (QED) is 0.814. The number of sulfone groups is 1. The summed E-state index contributed by atoms with van der Waals surface area (Å²) in [5.74, 6) is 0.736. The number of hydrogen-bond acceptors (Lipinski definition) is 5. The van der Waals surface area contributed by atoms with E-state index in [1.54, 1.807) is 22.5 Å². The van der Waals surface area contributed by atoms with Crippen molar-refractivity contribution >= 4 is 19.9 Å². The fourth-order valence-electron chi connectivity index (χ4n) is 3.71. The fraction of sp³-hybridized carbons (Fsp3) is 0.667. The summed E-state index contributed by atoms with van der Waals surface area (Å²) in [6, 6.07) is 7.38. The van der Waals surface area contributed by atoms with Gasteiger partial charge in [0.25, 0.3) is 0 Å². The molecule has 0 bridgehead atoms. The number of benzene rings is 1. The Kier molecular flexibility index (Phi) is 5.77. The van der Waals surface area contributed by atoms with Gasteiger partial charge in [-0.1, -0.05) is 26.0 Å². The molecule has 2 aliphatic heterocycles. The molecule has 0 radical (unpaired) electrons. The smallest absolute Gasteiger partial charge is 0.243 e. The van der Waals surface area contributed by atoms with Crippen molar-refractivity contribution in [3.8, 4) is 0 Å². The van der Waals surface area contributed by atoms with Crippen LogP contribution in [0.2, 0.25) is 0 Å². The average Bonchev–Trinajstić information content (AvgIpc) is 2.94. The summed E-state index contributed by atoms with van der Waals surface area (Å²) in [4.78, 5) is 0.358. The monoisotopic (exact) mass is 400 g/mol. The molecule has 2 saturated heterocycles. The molecule has 146 valence electrons.